The van der Waals surface area contributed by atoms with Gasteiger partial charge in [0, 0.05) is 46.7 Å². The minimum atomic E-state index is 0.119. The quantitative estimate of drug-likeness (QED) is 0.700. The lowest BCUT2D eigenvalue weighted by molar-refractivity contribution is -0.130. The van der Waals surface area contributed by atoms with E-state index < -0.39 is 0 Å². The van der Waals surface area contributed by atoms with E-state index in [2.05, 4.69) is 4.90 Å². The van der Waals surface area contributed by atoms with Crippen LogP contribution in [0.5, 0.6) is 0 Å². The molecule has 0 radical (unpaired) electrons. The predicted molar refractivity (Wildman–Crippen MR) is 75.8 cm³/mol. The second kappa shape index (κ2) is 7.94. The fraction of sp³-hybridized carbons (Fsp3) is 0.714. The van der Waals surface area contributed by atoms with Crippen molar-refractivity contribution in [3.8, 4) is 0 Å². The van der Waals surface area contributed by atoms with Crippen LogP contribution < -0.4 is 0 Å². The molecule has 0 unspecified atom stereocenters. The second-order valence-corrected chi connectivity index (χ2v) is 5.07. The second-order valence-electron chi connectivity index (χ2n) is 5.07. The molecule has 2 amide bonds. The molecule has 5 heteroatoms. The predicted octanol–water partition coefficient (Wildman–Crippen LogP) is 0.575. The van der Waals surface area contributed by atoms with Gasteiger partial charge in [0.25, 0.3) is 0 Å². The molecule has 19 heavy (non-hydrogen) atoms. The van der Waals surface area contributed by atoms with Gasteiger partial charge in [-0.25, -0.2) is 0 Å². The molecule has 0 aromatic carbocycles. The molecule has 1 aliphatic heterocycles. The van der Waals surface area contributed by atoms with Crippen LogP contribution in [0.4, 0.5) is 0 Å². The van der Waals surface area contributed by atoms with Gasteiger partial charge in [0.2, 0.25) is 11.8 Å². The third kappa shape index (κ3) is 5.42. The van der Waals surface area contributed by atoms with E-state index in [1.807, 2.05) is 24.0 Å². The van der Waals surface area contributed by atoms with Crippen molar-refractivity contribution >= 4 is 11.8 Å². The van der Waals surface area contributed by atoms with Gasteiger partial charge in [-0.05, 0) is 13.3 Å². The first-order chi connectivity index (χ1) is 9.04. The number of hydrogen-bond donors (Lipinski definition) is 0. The summed E-state index contributed by atoms with van der Waals surface area (Å²) in [5.41, 5.74) is 0. The van der Waals surface area contributed by atoms with Crippen LogP contribution in [0.2, 0.25) is 0 Å². The lowest BCUT2D eigenvalue weighted by Gasteiger charge is -2.22. The van der Waals surface area contributed by atoms with Crippen molar-refractivity contribution in [2.75, 3.05) is 46.8 Å². The van der Waals surface area contributed by atoms with E-state index in [9.17, 15) is 9.59 Å². The van der Waals surface area contributed by atoms with E-state index in [-0.39, 0.29) is 11.8 Å². The summed E-state index contributed by atoms with van der Waals surface area (Å²) in [6.45, 7) is 5.54. The summed E-state index contributed by atoms with van der Waals surface area (Å²) < 4.78 is 0. The Balaban J connectivity index is 2.43. The number of rotatable bonds is 4. The SMILES string of the molecule is CC=CCC(=O)N1CCCN(CC(=O)N(C)C)CC1. The Morgan fingerprint density at radius 2 is 1.89 bits per heavy atom. The lowest BCUT2D eigenvalue weighted by Crippen LogP contribution is -2.39. The molecule has 108 valence electrons. The van der Waals surface area contributed by atoms with Gasteiger partial charge in [-0.3, -0.25) is 14.5 Å². The maximum atomic E-state index is 11.9. The average Bonchev–Trinajstić information content (AvgIpc) is 2.61. The summed E-state index contributed by atoms with van der Waals surface area (Å²) in [7, 11) is 3.54. The van der Waals surface area contributed by atoms with Crippen molar-refractivity contribution in [2.45, 2.75) is 19.8 Å². The summed E-state index contributed by atoms with van der Waals surface area (Å²) in [6, 6.07) is 0. The van der Waals surface area contributed by atoms with Crippen LogP contribution in [-0.2, 0) is 9.59 Å². The molecule has 1 heterocycles. The fourth-order valence-electron chi connectivity index (χ4n) is 2.06. The molecule has 0 spiro atoms. The van der Waals surface area contributed by atoms with E-state index in [0.717, 1.165) is 32.6 Å². The monoisotopic (exact) mass is 267 g/mol. The van der Waals surface area contributed by atoms with Crippen molar-refractivity contribution in [1.29, 1.82) is 0 Å². The Kier molecular flexibility index (Phi) is 6.56. The zero-order chi connectivity index (χ0) is 14.3. The molecule has 0 saturated carbocycles. The van der Waals surface area contributed by atoms with Crippen molar-refractivity contribution in [3.63, 3.8) is 0 Å². The van der Waals surface area contributed by atoms with Crippen LogP contribution in [0.3, 0.4) is 0 Å². The summed E-state index contributed by atoms with van der Waals surface area (Å²) in [5, 5.41) is 0. The first-order valence-corrected chi connectivity index (χ1v) is 6.86. The van der Waals surface area contributed by atoms with Gasteiger partial charge in [-0.1, -0.05) is 12.2 Å². The van der Waals surface area contributed by atoms with E-state index in [1.54, 1.807) is 19.0 Å². The molecular weight excluding hydrogens is 242 g/mol. The van der Waals surface area contributed by atoms with Crippen LogP contribution in [0, 0.1) is 0 Å². The third-order valence-electron chi connectivity index (χ3n) is 3.33. The van der Waals surface area contributed by atoms with Gasteiger partial charge in [-0.15, -0.1) is 0 Å². The van der Waals surface area contributed by atoms with E-state index in [0.29, 0.717) is 13.0 Å². The number of nitrogens with zero attached hydrogens (tertiary/aromatic N) is 3. The zero-order valence-electron chi connectivity index (χ0n) is 12.3. The number of likely N-dealkylation sites (N-methyl/N-ethyl adjacent to an activating group) is 1. The zero-order valence-corrected chi connectivity index (χ0v) is 12.3. The maximum Gasteiger partial charge on any atom is 0.236 e. The smallest absolute Gasteiger partial charge is 0.236 e. The largest absolute Gasteiger partial charge is 0.348 e. The van der Waals surface area contributed by atoms with Crippen molar-refractivity contribution in [1.82, 2.24) is 14.7 Å². The highest BCUT2D eigenvalue weighted by atomic mass is 16.2. The van der Waals surface area contributed by atoms with Gasteiger partial charge < -0.3 is 9.80 Å². The first-order valence-electron chi connectivity index (χ1n) is 6.86. The number of amides is 2. The number of carbonyl (C=O) groups is 2. The molecule has 5 nitrogen and oxygen atoms in total. The van der Waals surface area contributed by atoms with E-state index in [1.165, 1.54) is 0 Å². The average molecular weight is 267 g/mol. The Hall–Kier alpha value is -1.36. The molecule has 1 saturated heterocycles. The van der Waals surface area contributed by atoms with Gasteiger partial charge in [0.1, 0.15) is 0 Å². The van der Waals surface area contributed by atoms with Crippen LogP contribution in [0.1, 0.15) is 19.8 Å². The number of allylic oxidation sites excluding steroid dienone is 1. The highest BCUT2D eigenvalue weighted by molar-refractivity contribution is 5.78. The maximum absolute atomic E-state index is 11.9. The number of carbonyl (C=O) groups excluding carboxylic acids is 2. The molecule has 1 rings (SSSR count). The Morgan fingerprint density at radius 1 is 1.16 bits per heavy atom. The van der Waals surface area contributed by atoms with Gasteiger partial charge in [0.15, 0.2) is 0 Å². The Labute approximate surface area is 115 Å². The van der Waals surface area contributed by atoms with Crippen LogP contribution in [0.15, 0.2) is 12.2 Å². The molecule has 1 fully saturated rings. The van der Waals surface area contributed by atoms with Crippen LogP contribution in [-0.4, -0.2) is 73.3 Å². The highest BCUT2D eigenvalue weighted by Crippen LogP contribution is 2.05. The summed E-state index contributed by atoms with van der Waals surface area (Å²) in [5.74, 6) is 0.299. The van der Waals surface area contributed by atoms with Crippen LogP contribution >= 0.6 is 0 Å². The minimum Gasteiger partial charge on any atom is -0.348 e. The highest BCUT2D eigenvalue weighted by Gasteiger charge is 2.20. The normalized spacial score (nSPS) is 17.5. The Bertz CT molecular complexity index is 340. The Morgan fingerprint density at radius 3 is 2.53 bits per heavy atom. The summed E-state index contributed by atoms with van der Waals surface area (Å²) >= 11 is 0. The molecule has 0 aliphatic carbocycles. The fourth-order valence-corrected chi connectivity index (χ4v) is 2.06. The number of hydrogen-bond acceptors (Lipinski definition) is 3. The molecule has 0 N–H and O–H groups in total. The van der Waals surface area contributed by atoms with Crippen LogP contribution in [0.25, 0.3) is 0 Å². The first kappa shape index (κ1) is 15.7. The lowest BCUT2D eigenvalue weighted by atomic mass is 10.3. The van der Waals surface area contributed by atoms with E-state index >= 15 is 0 Å². The van der Waals surface area contributed by atoms with Crippen molar-refractivity contribution in [3.05, 3.63) is 12.2 Å². The third-order valence-corrected chi connectivity index (χ3v) is 3.33. The standard InChI is InChI=1S/C14H25N3O2/c1-4-5-7-13(18)17-9-6-8-16(10-11-17)12-14(19)15(2)3/h4-5H,6-12H2,1-3H3. The molecular formula is C14H25N3O2. The van der Waals surface area contributed by atoms with Gasteiger partial charge in [-0.2, -0.15) is 0 Å². The summed E-state index contributed by atoms with van der Waals surface area (Å²) in [4.78, 5) is 29.2. The molecule has 0 aromatic rings. The van der Waals surface area contributed by atoms with Crippen molar-refractivity contribution in [2.24, 2.45) is 0 Å². The molecule has 1 aliphatic rings. The molecule has 0 aromatic heterocycles. The minimum absolute atomic E-state index is 0.119. The molecule has 0 bridgehead atoms. The topological polar surface area (TPSA) is 43.9 Å². The van der Waals surface area contributed by atoms with Gasteiger partial charge in [0.05, 0.1) is 6.54 Å². The van der Waals surface area contributed by atoms with Gasteiger partial charge >= 0.3 is 0 Å². The van der Waals surface area contributed by atoms with E-state index in [4.69, 9.17) is 0 Å². The summed E-state index contributed by atoms with van der Waals surface area (Å²) in [6.07, 6.45) is 5.20. The molecule has 0 atom stereocenters. The van der Waals surface area contributed by atoms with Crippen molar-refractivity contribution < 1.29 is 9.59 Å².